The molecule has 0 aliphatic carbocycles. The van der Waals surface area contributed by atoms with Crippen molar-refractivity contribution in [2.24, 2.45) is 0 Å². The van der Waals surface area contributed by atoms with Gasteiger partial charge >= 0.3 is 0 Å². The second-order valence-electron chi connectivity index (χ2n) is 7.18. The number of likely N-dealkylation sites (tertiary alicyclic amines) is 1. The molecule has 0 unspecified atom stereocenters. The van der Waals surface area contributed by atoms with Crippen molar-refractivity contribution in [3.63, 3.8) is 0 Å². The summed E-state index contributed by atoms with van der Waals surface area (Å²) in [6, 6.07) is 17.1. The molecule has 2 aromatic carbocycles. The molecule has 2 heterocycles. The molecular weight excluding hydrogens is 386 g/mol. The number of carbonyl (C=O) groups excluding carboxylic acids is 3. The van der Waals surface area contributed by atoms with E-state index in [0.717, 1.165) is 23.3 Å². The summed E-state index contributed by atoms with van der Waals surface area (Å²) >= 11 is 1.29. The molecule has 0 bridgehead atoms. The fraction of sp³-hybridized carbons (Fsp3) is 0.318. The number of carbonyl (C=O) groups is 3. The van der Waals surface area contributed by atoms with Crippen LogP contribution in [0.3, 0.4) is 0 Å². The molecule has 0 radical (unpaired) electrons. The third-order valence-corrected chi connectivity index (χ3v) is 6.41. The van der Waals surface area contributed by atoms with Gasteiger partial charge in [0.25, 0.3) is 5.91 Å². The first-order valence-electron chi connectivity index (χ1n) is 9.80. The molecule has 1 fully saturated rings. The predicted molar refractivity (Wildman–Crippen MR) is 113 cm³/mol. The average Bonchev–Trinajstić information content (AvgIpc) is 3.29. The van der Waals surface area contributed by atoms with Crippen LogP contribution in [-0.4, -0.2) is 47.5 Å². The smallest absolute Gasteiger partial charge is 0.250 e. The monoisotopic (exact) mass is 409 g/mol. The Morgan fingerprint density at radius 1 is 1.00 bits per heavy atom. The van der Waals surface area contributed by atoms with Crippen LogP contribution in [0.1, 0.15) is 18.4 Å². The van der Waals surface area contributed by atoms with Gasteiger partial charge in [0.2, 0.25) is 11.8 Å². The summed E-state index contributed by atoms with van der Waals surface area (Å²) in [5.74, 6) is -0.724. The van der Waals surface area contributed by atoms with E-state index in [0.29, 0.717) is 25.3 Å². The van der Waals surface area contributed by atoms with Crippen molar-refractivity contribution < 1.29 is 14.4 Å². The molecule has 2 aliphatic heterocycles. The molecule has 1 saturated heterocycles. The quantitative estimate of drug-likeness (QED) is 0.770. The minimum absolute atomic E-state index is 0.104. The standard InChI is InChI=1S/C22H23N3O3S/c26-19(23-14-16-8-2-1-3-9-16)15-25-17-10-4-5-11-18(17)29-20(22(25)28)21(27)24-12-6-7-13-24/h1-5,8-11,20H,6-7,12-15H2,(H,23,26)/t20-/m0/s1. The van der Waals surface area contributed by atoms with Crippen LogP contribution in [0.2, 0.25) is 0 Å². The number of nitrogens with zero attached hydrogens (tertiary/aromatic N) is 2. The van der Waals surface area contributed by atoms with Crippen molar-refractivity contribution in [1.82, 2.24) is 10.2 Å². The second-order valence-corrected chi connectivity index (χ2v) is 8.33. The van der Waals surface area contributed by atoms with Crippen molar-refractivity contribution in [2.45, 2.75) is 29.5 Å². The van der Waals surface area contributed by atoms with E-state index in [2.05, 4.69) is 5.32 Å². The van der Waals surface area contributed by atoms with Crippen molar-refractivity contribution >= 4 is 35.2 Å². The number of para-hydroxylation sites is 1. The summed E-state index contributed by atoms with van der Waals surface area (Å²) in [5.41, 5.74) is 1.67. The van der Waals surface area contributed by atoms with Gasteiger partial charge in [-0.1, -0.05) is 42.5 Å². The number of amides is 3. The van der Waals surface area contributed by atoms with Gasteiger partial charge in [0.05, 0.1) is 5.69 Å². The highest BCUT2D eigenvalue weighted by molar-refractivity contribution is 8.01. The molecule has 3 amide bonds. The van der Waals surface area contributed by atoms with Gasteiger partial charge in [-0.25, -0.2) is 0 Å². The van der Waals surface area contributed by atoms with Crippen LogP contribution in [0.5, 0.6) is 0 Å². The van der Waals surface area contributed by atoms with Crippen LogP contribution in [0, 0.1) is 0 Å². The molecule has 0 aromatic heterocycles. The first-order valence-corrected chi connectivity index (χ1v) is 10.7. The summed E-state index contributed by atoms with van der Waals surface area (Å²) in [5, 5.41) is 2.03. The second kappa shape index (κ2) is 8.69. The van der Waals surface area contributed by atoms with Gasteiger partial charge in [0, 0.05) is 24.5 Å². The first-order chi connectivity index (χ1) is 14.1. The Hall–Kier alpha value is -2.80. The lowest BCUT2D eigenvalue weighted by molar-refractivity contribution is -0.134. The Morgan fingerprint density at radius 3 is 2.45 bits per heavy atom. The predicted octanol–water partition coefficient (Wildman–Crippen LogP) is 2.43. The van der Waals surface area contributed by atoms with Crippen molar-refractivity contribution in [3.05, 3.63) is 60.2 Å². The molecule has 0 saturated carbocycles. The number of thioether (sulfide) groups is 1. The van der Waals surface area contributed by atoms with Crippen LogP contribution in [0.15, 0.2) is 59.5 Å². The summed E-state index contributed by atoms with van der Waals surface area (Å²) in [7, 11) is 0. The van der Waals surface area contributed by atoms with Crippen LogP contribution >= 0.6 is 11.8 Å². The van der Waals surface area contributed by atoms with Gasteiger partial charge in [0.1, 0.15) is 6.54 Å². The van der Waals surface area contributed by atoms with E-state index in [-0.39, 0.29) is 24.3 Å². The van der Waals surface area contributed by atoms with E-state index in [1.165, 1.54) is 16.7 Å². The average molecular weight is 410 g/mol. The number of hydrogen-bond acceptors (Lipinski definition) is 4. The first kappa shape index (κ1) is 19.5. The van der Waals surface area contributed by atoms with E-state index in [4.69, 9.17) is 0 Å². The van der Waals surface area contributed by atoms with Crippen LogP contribution < -0.4 is 10.2 Å². The maximum Gasteiger partial charge on any atom is 0.250 e. The third-order valence-electron chi connectivity index (χ3n) is 5.17. The van der Waals surface area contributed by atoms with Gasteiger partial charge in [-0.15, -0.1) is 11.8 Å². The van der Waals surface area contributed by atoms with Gasteiger partial charge in [-0.3, -0.25) is 14.4 Å². The van der Waals surface area contributed by atoms with Crippen molar-refractivity contribution in [1.29, 1.82) is 0 Å². The van der Waals surface area contributed by atoms with Gasteiger partial charge in [-0.2, -0.15) is 0 Å². The fourth-order valence-corrected chi connectivity index (χ4v) is 4.82. The maximum absolute atomic E-state index is 13.2. The largest absolute Gasteiger partial charge is 0.350 e. The van der Waals surface area contributed by atoms with E-state index < -0.39 is 5.25 Å². The fourth-order valence-electron chi connectivity index (χ4n) is 3.64. The highest BCUT2D eigenvalue weighted by atomic mass is 32.2. The van der Waals surface area contributed by atoms with Crippen molar-refractivity contribution in [3.8, 4) is 0 Å². The molecule has 6 nitrogen and oxygen atoms in total. The molecule has 7 heteroatoms. The van der Waals surface area contributed by atoms with Gasteiger partial charge in [0.15, 0.2) is 5.25 Å². The van der Waals surface area contributed by atoms with Gasteiger partial charge < -0.3 is 15.1 Å². The number of hydrogen-bond donors (Lipinski definition) is 1. The lowest BCUT2D eigenvalue weighted by Gasteiger charge is -2.34. The number of fused-ring (bicyclic) bond motifs is 1. The number of nitrogens with one attached hydrogen (secondary N) is 1. The van der Waals surface area contributed by atoms with Crippen molar-refractivity contribution in [2.75, 3.05) is 24.5 Å². The minimum atomic E-state index is -0.829. The Balaban J connectivity index is 1.50. The third kappa shape index (κ3) is 4.29. The van der Waals surface area contributed by atoms with Crippen LogP contribution in [0.4, 0.5) is 5.69 Å². The minimum Gasteiger partial charge on any atom is -0.350 e. The molecular formula is C22H23N3O3S. The topological polar surface area (TPSA) is 69.7 Å². The van der Waals surface area contributed by atoms with E-state index in [1.807, 2.05) is 54.6 Å². The van der Waals surface area contributed by atoms with Crippen LogP contribution in [-0.2, 0) is 20.9 Å². The molecule has 150 valence electrons. The van der Waals surface area contributed by atoms with E-state index in [9.17, 15) is 14.4 Å². The number of anilines is 1. The zero-order valence-electron chi connectivity index (χ0n) is 16.0. The molecule has 2 aliphatic rings. The summed E-state index contributed by atoms with van der Waals surface area (Å²) in [6.45, 7) is 1.69. The maximum atomic E-state index is 13.2. The van der Waals surface area contributed by atoms with E-state index >= 15 is 0 Å². The Morgan fingerprint density at radius 2 is 1.69 bits per heavy atom. The number of benzene rings is 2. The Bertz CT molecular complexity index is 913. The summed E-state index contributed by atoms with van der Waals surface area (Å²) in [6.07, 6.45) is 1.94. The van der Waals surface area contributed by atoms with Gasteiger partial charge in [-0.05, 0) is 30.5 Å². The molecule has 1 N–H and O–H groups in total. The highest BCUT2D eigenvalue weighted by Gasteiger charge is 2.41. The molecule has 0 spiro atoms. The zero-order valence-corrected chi connectivity index (χ0v) is 16.9. The Labute approximate surface area is 174 Å². The molecule has 1 atom stereocenters. The normalized spacial score (nSPS) is 18.5. The van der Waals surface area contributed by atoms with E-state index in [1.54, 1.807) is 4.90 Å². The molecule has 4 rings (SSSR count). The lowest BCUT2D eigenvalue weighted by Crippen LogP contribution is -2.51. The number of rotatable bonds is 5. The van der Waals surface area contributed by atoms with Crippen LogP contribution in [0.25, 0.3) is 0 Å². The summed E-state index contributed by atoms with van der Waals surface area (Å²) < 4.78 is 0. The Kier molecular flexibility index (Phi) is 5.85. The zero-order chi connectivity index (χ0) is 20.2. The highest BCUT2D eigenvalue weighted by Crippen LogP contribution is 2.39. The lowest BCUT2D eigenvalue weighted by atomic mass is 10.2. The SMILES string of the molecule is O=C(CN1C(=O)[C@H](C(=O)N2CCCC2)Sc2ccccc21)NCc1ccccc1. The molecule has 2 aromatic rings. The molecule has 29 heavy (non-hydrogen) atoms. The summed E-state index contributed by atoms with van der Waals surface area (Å²) in [4.78, 5) is 42.7.